The van der Waals surface area contributed by atoms with E-state index in [0.29, 0.717) is 23.4 Å². The van der Waals surface area contributed by atoms with Crippen molar-refractivity contribution in [2.75, 3.05) is 10.5 Å². The molecule has 0 amide bonds. The van der Waals surface area contributed by atoms with E-state index in [0.717, 1.165) is 11.1 Å². The molecule has 34 heavy (non-hydrogen) atoms. The summed E-state index contributed by atoms with van der Waals surface area (Å²) >= 11 is 6.19. The van der Waals surface area contributed by atoms with Gasteiger partial charge in [0.2, 0.25) is 10.0 Å². The van der Waals surface area contributed by atoms with E-state index in [-0.39, 0.29) is 11.3 Å². The lowest BCUT2D eigenvalue weighted by atomic mass is 9.99. The average molecular weight is 502 g/mol. The molecule has 0 atom stereocenters. The Labute approximate surface area is 199 Å². The monoisotopic (exact) mass is 501 g/mol. The molecule has 0 fully saturated rings. The highest BCUT2D eigenvalue weighted by Crippen LogP contribution is 2.33. The first-order valence-corrected chi connectivity index (χ1v) is 12.3. The van der Waals surface area contributed by atoms with Crippen molar-refractivity contribution in [3.63, 3.8) is 0 Å². The lowest BCUT2D eigenvalue weighted by Crippen LogP contribution is -2.18. The summed E-state index contributed by atoms with van der Waals surface area (Å²) in [6.07, 6.45) is 5.27. The number of nitrogens with zero attached hydrogens (tertiary/aromatic N) is 2. The summed E-state index contributed by atoms with van der Waals surface area (Å²) in [7, 11) is -3.85. The Morgan fingerprint density at radius 1 is 1.09 bits per heavy atom. The van der Waals surface area contributed by atoms with Crippen LogP contribution in [0.25, 0.3) is 22.0 Å². The number of hydrogen-bond acceptors (Lipinski definition) is 5. The highest BCUT2D eigenvalue weighted by Gasteiger charge is 2.26. The van der Waals surface area contributed by atoms with Gasteiger partial charge in [0.25, 0.3) is 0 Å². The van der Waals surface area contributed by atoms with E-state index in [2.05, 4.69) is 14.7 Å². The second kappa shape index (κ2) is 9.44. The zero-order chi connectivity index (χ0) is 24.5. The lowest BCUT2D eigenvalue weighted by Gasteiger charge is -2.13. The fourth-order valence-electron chi connectivity index (χ4n) is 3.47. The molecular formula is C24H18ClF2N3O3S. The number of sulfonamides is 1. The number of aromatic nitrogens is 2. The van der Waals surface area contributed by atoms with Crippen molar-refractivity contribution in [2.45, 2.75) is 13.3 Å². The fourth-order valence-corrected chi connectivity index (χ4v) is 4.94. The van der Waals surface area contributed by atoms with Crippen molar-refractivity contribution in [1.82, 2.24) is 9.97 Å². The Hall–Kier alpha value is -3.43. The Bertz CT molecular complexity index is 1510. The molecule has 6 nitrogen and oxygen atoms in total. The van der Waals surface area contributed by atoms with Crippen molar-refractivity contribution >= 4 is 44.0 Å². The van der Waals surface area contributed by atoms with Gasteiger partial charge in [0, 0.05) is 46.7 Å². The zero-order valence-electron chi connectivity index (χ0n) is 17.8. The van der Waals surface area contributed by atoms with E-state index >= 15 is 0 Å². The number of halogens is 3. The second-order valence-corrected chi connectivity index (χ2v) is 9.75. The topological polar surface area (TPSA) is 89.0 Å². The Balaban J connectivity index is 1.78. The van der Waals surface area contributed by atoms with Gasteiger partial charge in [-0.25, -0.2) is 17.2 Å². The summed E-state index contributed by atoms with van der Waals surface area (Å²) in [5.74, 6) is -4.01. The number of nitrogens with one attached hydrogen (secondary N) is 1. The number of anilines is 1. The molecule has 0 unspecified atom stereocenters. The smallest absolute Gasteiger partial charge is 0.232 e. The van der Waals surface area contributed by atoms with Gasteiger partial charge in [0.15, 0.2) is 17.4 Å². The molecule has 4 aromatic rings. The number of carbonyl (C=O) groups is 1. The van der Waals surface area contributed by atoms with E-state index in [1.807, 2.05) is 6.07 Å². The number of carbonyl (C=O) groups excluding carboxylic acids is 1. The number of hydrogen-bond donors (Lipinski definition) is 1. The van der Waals surface area contributed by atoms with Crippen LogP contribution in [0.15, 0.2) is 61.1 Å². The number of benzene rings is 2. The van der Waals surface area contributed by atoms with Crippen LogP contribution >= 0.6 is 11.6 Å². The van der Waals surface area contributed by atoms with Crippen LogP contribution in [-0.4, -0.2) is 29.9 Å². The molecule has 2 heterocycles. The minimum absolute atomic E-state index is 0.0337. The molecule has 0 aliphatic rings. The number of rotatable bonds is 7. The van der Waals surface area contributed by atoms with E-state index < -0.39 is 43.7 Å². The van der Waals surface area contributed by atoms with E-state index in [4.69, 9.17) is 11.6 Å². The number of fused-ring (bicyclic) bond motifs is 1. The summed E-state index contributed by atoms with van der Waals surface area (Å²) in [4.78, 5) is 21.6. The Morgan fingerprint density at radius 3 is 2.59 bits per heavy atom. The van der Waals surface area contributed by atoms with E-state index in [1.54, 1.807) is 43.7 Å². The fraction of sp³-hybridized carbons (Fsp3) is 0.125. The van der Waals surface area contributed by atoms with Crippen LogP contribution in [-0.2, 0) is 10.0 Å². The standard InChI is InChI=1S/C24H18ClF2N3O3S/c1-2-8-34(32,33)30-20-11-18(26)23(27)21(22(20)25)24(31)14-5-6-19-16(9-14)10-17(13-29-19)15-4-3-7-28-12-15/h3-7,9-13,30H,2,8H2,1H3. The average Bonchev–Trinajstić information content (AvgIpc) is 2.82. The Kier molecular flexibility index (Phi) is 6.58. The third-order valence-corrected chi connectivity index (χ3v) is 6.93. The molecule has 0 aliphatic carbocycles. The SMILES string of the molecule is CCCS(=O)(=O)Nc1cc(F)c(F)c(C(=O)c2ccc3ncc(-c4cccnc4)cc3c2)c1Cl. The van der Waals surface area contributed by atoms with Crippen molar-refractivity contribution < 1.29 is 22.0 Å². The summed E-state index contributed by atoms with van der Waals surface area (Å²) < 4.78 is 55.3. The van der Waals surface area contributed by atoms with Crippen LogP contribution in [0.4, 0.5) is 14.5 Å². The first kappa shape index (κ1) is 23.7. The van der Waals surface area contributed by atoms with Gasteiger partial charge < -0.3 is 0 Å². The normalized spacial score (nSPS) is 11.5. The van der Waals surface area contributed by atoms with Crippen molar-refractivity contribution in [1.29, 1.82) is 0 Å². The van der Waals surface area contributed by atoms with Crippen molar-refractivity contribution in [3.05, 3.63) is 88.8 Å². The first-order chi connectivity index (χ1) is 16.2. The molecule has 0 saturated heterocycles. The van der Waals surface area contributed by atoms with Crippen LogP contribution < -0.4 is 4.72 Å². The molecule has 10 heteroatoms. The largest absolute Gasteiger partial charge is 0.288 e. The quantitative estimate of drug-likeness (QED) is 0.262. The maximum atomic E-state index is 14.7. The van der Waals surface area contributed by atoms with Crippen LogP contribution in [0.2, 0.25) is 5.02 Å². The van der Waals surface area contributed by atoms with Crippen LogP contribution in [0.1, 0.15) is 29.3 Å². The maximum absolute atomic E-state index is 14.7. The number of ketones is 1. The molecule has 0 bridgehead atoms. The van der Waals surface area contributed by atoms with E-state index in [9.17, 15) is 22.0 Å². The summed E-state index contributed by atoms with van der Waals surface area (Å²) in [5, 5.41) is 0.0647. The van der Waals surface area contributed by atoms with Crippen molar-refractivity contribution in [2.24, 2.45) is 0 Å². The van der Waals surface area contributed by atoms with Crippen LogP contribution in [0.5, 0.6) is 0 Å². The first-order valence-electron chi connectivity index (χ1n) is 10.2. The minimum Gasteiger partial charge on any atom is -0.288 e. The Morgan fingerprint density at radius 2 is 1.88 bits per heavy atom. The summed E-state index contributed by atoms with van der Waals surface area (Å²) in [6.45, 7) is 1.65. The van der Waals surface area contributed by atoms with Crippen molar-refractivity contribution in [3.8, 4) is 11.1 Å². The molecule has 1 N–H and O–H groups in total. The van der Waals surface area contributed by atoms with Crippen LogP contribution in [0.3, 0.4) is 0 Å². The van der Waals surface area contributed by atoms with Gasteiger partial charge in [0.1, 0.15) is 0 Å². The summed E-state index contributed by atoms with van der Waals surface area (Å²) in [6, 6.07) is 10.5. The molecule has 4 rings (SSSR count). The highest BCUT2D eigenvalue weighted by atomic mass is 35.5. The second-order valence-electron chi connectivity index (χ2n) is 7.53. The molecule has 174 valence electrons. The van der Waals surface area contributed by atoms with Gasteiger partial charge in [-0.1, -0.05) is 24.6 Å². The molecule has 0 radical (unpaired) electrons. The number of pyridine rings is 2. The summed E-state index contributed by atoms with van der Waals surface area (Å²) in [5.41, 5.74) is 1.03. The molecule has 2 aromatic carbocycles. The highest BCUT2D eigenvalue weighted by molar-refractivity contribution is 7.92. The third-order valence-electron chi connectivity index (χ3n) is 5.06. The van der Waals surface area contributed by atoms with Gasteiger partial charge in [-0.15, -0.1) is 0 Å². The molecular weight excluding hydrogens is 484 g/mol. The maximum Gasteiger partial charge on any atom is 0.232 e. The van der Waals surface area contributed by atoms with Gasteiger partial charge in [-0.3, -0.25) is 19.5 Å². The molecule has 0 aliphatic heterocycles. The predicted octanol–water partition coefficient (Wildman–Crippen LogP) is 5.61. The third kappa shape index (κ3) is 4.76. The predicted molar refractivity (Wildman–Crippen MR) is 127 cm³/mol. The molecule has 0 saturated carbocycles. The van der Waals surface area contributed by atoms with Crippen LogP contribution in [0, 0.1) is 11.6 Å². The molecule has 2 aromatic heterocycles. The van der Waals surface area contributed by atoms with E-state index in [1.165, 1.54) is 12.1 Å². The van der Waals surface area contributed by atoms with Gasteiger partial charge in [-0.2, -0.15) is 0 Å². The molecule has 0 spiro atoms. The lowest BCUT2D eigenvalue weighted by molar-refractivity contribution is 0.103. The van der Waals surface area contributed by atoms with Gasteiger partial charge in [-0.05, 0) is 36.8 Å². The zero-order valence-corrected chi connectivity index (χ0v) is 19.4. The minimum atomic E-state index is -3.85. The van der Waals surface area contributed by atoms with Gasteiger partial charge >= 0.3 is 0 Å². The van der Waals surface area contributed by atoms with Gasteiger partial charge in [0.05, 0.1) is 27.5 Å².